The Morgan fingerprint density at radius 1 is 1.38 bits per heavy atom. The molecular formula is C22H30BrN3O5S. The van der Waals surface area contributed by atoms with Gasteiger partial charge >= 0.3 is 5.97 Å². The van der Waals surface area contributed by atoms with E-state index >= 15 is 0 Å². The van der Waals surface area contributed by atoms with Gasteiger partial charge in [-0.25, -0.2) is 0 Å². The van der Waals surface area contributed by atoms with Crippen molar-refractivity contribution >= 4 is 51.0 Å². The number of hydrogen-bond acceptors (Lipinski definition) is 6. The second-order valence-corrected chi connectivity index (χ2v) is 8.82. The number of benzene rings is 1. The maximum absolute atomic E-state index is 13.0. The largest absolute Gasteiger partial charge is 0.493 e. The minimum absolute atomic E-state index is 0.0747. The van der Waals surface area contributed by atoms with E-state index in [-0.39, 0.29) is 23.5 Å². The van der Waals surface area contributed by atoms with E-state index in [4.69, 9.17) is 21.7 Å². The lowest BCUT2D eigenvalue weighted by Gasteiger charge is -2.36. The van der Waals surface area contributed by atoms with Crippen LogP contribution in [0.3, 0.4) is 0 Å². The molecule has 2 N–H and O–H groups in total. The molecule has 1 heterocycles. The number of nitrogens with one attached hydrogen (secondary N) is 2. The summed E-state index contributed by atoms with van der Waals surface area (Å²) in [5.74, 6) is -0.819. The first kappa shape index (κ1) is 26.1. The van der Waals surface area contributed by atoms with E-state index in [1.54, 1.807) is 30.0 Å². The first-order valence-corrected chi connectivity index (χ1v) is 12.0. The molecule has 1 aliphatic rings. The van der Waals surface area contributed by atoms with Gasteiger partial charge in [-0.1, -0.05) is 36.2 Å². The number of nitrogens with zero attached hydrogens (tertiary/aromatic N) is 1. The summed E-state index contributed by atoms with van der Waals surface area (Å²) in [6.07, 6.45) is 2.12. The monoisotopic (exact) mass is 527 g/mol. The van der Waals surface area contributed by atoms with Gasteiger partial charge in [0, 0.05) is 17.6 Å². The van der Waals surface area contributed by atoms with Crippen molar-refractivity contribution in [2.75, 3.05) is 19.7 Å². The smallest absolute Gasteiger partial charge is 0.308 e. The lowest BCUT2D eigenvalue weighted by atomic mass is 10.1. The highest BCUT2D eigenvalue weighted by atomic mass is 79.9. The molecule has 2 rings (SSSR count). The molecule has 2 atom stereocenters. The Labute approximate surface area is 202 Å². The predicted octanol–water partition coefficient (Wildman–Crippen LogP) is 3.17. The fourth-order valence-electron chi connectivity index (χ4n) is 3.04. The van der Waals surface area contributed by atoms with Gasteiger partial charge in [0.1, 0.15) is 11.8 Å². The maximum atomic E-state index is 13.0. The molecule has 32 heavy (non-hydrogen) atoms. The fourth-order valence-corrected chi connectivity index (χ4v) is 3.71. The summed E-state index contributed by atoms with van der Waals surface area (Å²) in [6.45, 7) is 6.97. The van der Waals surface area contributed by atoms with Crippen LogP contribution in [0.1, 0.15) is 56.8 Å². The molecule has 1 aromatic rings. The van der Waals surface area contributed by atoms with Crippen molar-refractivity contribution in [3.8, 4) is 5.75 Å². The van der Waals surface area contributed by atoms with Gasteiger partial charge in [0.15, 0.2) is 5.11 Å². The van der Waals surface area contributed by atoms with Crippen LogP contribution in [-0.2, 0) is 14.3 Å². The zero-order chi connectivity index (χ0) is 23.7. The van der Waals surface area contributed by atoms with E-state index in [1.165, 1.54) is 0 Å². The van der Waals surface area contributed by atoms with E-state index in [0.717, 1.165) is 17.3 Å². The predicted molar refractivity (Wildman–Crippen MR) is 129 cm³/mol. The van der Waals surface area contributed by atoms with Gasteiger partial charge in [-0.15, -0.1) is 0 Å². The quantitative estimate of drug-likeness (QED) is 0.289. The number of carbonyl (C=O) groups excluding carboxylic acids is 3. The van der Waals surface area contributed by atoms with Crippen molar-refractivity contribution < 1.29 is 23.9 Å². The number of carbonyl (C=O) groups is 3. The van der Waals surface area contributed by atoms with E-state index in [2.05, 4.69) is 33.5 Å². The Hall–Kier alpha value is -2.20. The molecule has 10 heteroatoms. The molecule has 1 aromatic carbocycles. The van der Waals surface area contributed by atoms with Crippen LogP contribution in [-0.4, -0.2) is 59.6 Å². The minimum atomic E-state index is -0.851. The van der Waals surface area contributed by atoms with Crippen molar-refractivity contribution in [3.05, 3.63) is 28.2 Å². The summed E-state index contributed by atoms with van der Waals surface area (Å²) < 4.78 is 11.8. The minimum Gasteiger partial charge on any atom is -0.493 e. The van der Waals surface area contributed by atoms with Crippen LogP contribution in [0.5, 0.6) is 5.75 Å². The molecule has 2 unspecified atom stereocenters. The Balaban J connectivity index is 2.12. The van der Waals surface area contributed by atoms with Crippen LogP contribution < -0.4 is 15.4 Å². The zero-order valence-electron chi connectivity index (χ0n) is 18.6. The summed E-state index contributed by atoms with van der Waals surface area (Å²) in [6, 6.07) is 4.32. The third kappa shape index (κ3) is 7.44. The number of ether oxygens (including phenoxy) is 2. The van der Waals surface area contributed by atoms with Gasteiger partial charge in [-0.2, -0.15) is 0 Å². The van der Waals surface area contributed by atoms with Crippen LogP contribution in [0.4, 0.5) is 0 Å². The molecule has 2 amide bonds. The molecule has 0 aromatic heterocycles. The molecule has 8 nitrogen and oxygen atoms in total. The number of esters is 1. The Morgan fingerprint density at radius 2 is 2.12 bits per heavy atom. The molecule has 0 spiro atoms. The Morgan fingerprint density at radius 3 is 2.81 bits per heavy atom. The van der Waals surface area contributed by atoms with Crippen molar-refractivity contribution in [3.63, 3.8) is 0 Å². The van der Waals surface area contributed by atoms with E-state index in [1.807, 2.05) is 6.92 Å². The number of hydrogen-bond donors (Lipinski definition) is 2. The van der Waals surface area contributed by atoms with Crippen LogP contribution in [0.15, 0.2) is 22.7 Å². The molecule has 1 fully saturated rings. The van der Waals surface area contributed by atoms with Crippen LogP contribution in [0.25, 0.3) is 0 Å². The zero-order valence-corrected chi connectivity index (χ0v) is 21.0. The number of amides is 2. The van der Waals surface area contributed by atoms with Crippen LogP contribution in [0, 0.1) is 0 Å². The summed E-state index contributed by atoms with van der Waals surface area (Å²) in [5, 5.41) is 5.49. The summed E-state index contributed by atoms with van der Waals surface area (Å²) in [7, 11) is 0. The molecule has 176 valence electrons. The fraction of sp³-hybridized carbons (Fsp3) is 0.545. The number of thiocarbonyl (C=S) groups is 1. The van der Waals surface area contributed by atoms with Crippen molar-refractivity contribution in [1.29, 1.82) is 0 Å². The third-order valence-electron chi connectivity index (χ3n) is 5.02. The number of unbranched alkanes of at least 4 members (excludes halogenated alkanes) is 1. The first-order chi connectivity index (χ1) is 15.3. The van der Waals surface area contributed by atoms with Gasteiger partial charge in [-0.3, -0.25) is 19.7 Å². The van der Waals surface area contributed by atoms with Crippen molar-refractivity contribution in [2.24, 2.45) is 0 Å². The van der Waals surface area contributed by atoms with Gasteiger partial charge < -0.3 is 19.7 Å². The highest BCUT2D eigenvalue weighted by Gasteiger charge is 2.34. The Bertz CT molecular complexity index is 851. The van der Waals surface area contributed by atoms with E-state index in [9.17, 15) is 14.4 Å². The van der Waals surface area contributed by atoms with E-state index < -0.39 is 17.9 Å². The van der Waals surface area contributed by atoms with Gasteiger partial charge in [0.2, 0.25) is 5.91 Å². The highest BCUT2D eigenvalue weighted by Crippen LogP contribution is 2.24. The lowest BCUT2D eigenvalue weighted by molar-refractivity contribution is -0.151. The van der Waals surface area contributed by atoms with Gasteiger partial charge in [-0.05, 0) is 50.2 Å². The van der Waals surface area contributed by atoms with E-state index in [0.29, 0.717) is 37.4 Å². The molecule has 0 saturated carbocycles. The normalized spacial score (nSPS) is 16.7. The molecule has 0 radical (unpaired) electrons. The average molecular weight is 528 g/mol. The van der Waals surface area contributed by atoms with Crippen molar-refractivity contribution in [2.45, 2.75) is 58.6 Å². The second-order valence-electron chi connectivity index (χ2n) is 7.51. The molecule has 0 aliphatic carbocycles. The molecule has 1 saturated heterocycles. The molecule has 1 aliphatic heterocycles. The standard InChI is InChI=1S/C22H30BrN3O5S/c1-4-6-11-30-18-8-7-15(23)12-16(18)20(28)25-22(32)26-10-9-24-21(29)17(26)13-19(27)31-14(3)5-2/h7-8,12,14,17H,4-6,9-11,13H2,1-3H3,(H,24,29)(H,25,28,32). The third-order valence-corrected chi connectivity index (χ3v) is 5.85. The summed E-state index contributed by atoms with van der Waals surface area (Å²) >= 11 is 8.81. The van der Waals surface area contributed by atoms with Crippen molar-refractivity contribution in [1.82, 2.24) is 15.5 Å². The summed E-state index contributed by atoms with van der Waals surface area (Å²) in [5.41, 5.74) is 0.326. The number of rotatable bonds is 9. The van der Waals surface area contributed by atoms with Crippen LogP contribution >= 0.6 is 28.1 Å². The lowest BCUT2D eigenvalue weighted by Crippen LogP contribution is -2.60. The van der Waals surface area contributed by atoms with Gasteiger partial charge in [0.05, 0.1) is 24.7 Å². The molecular weight excluding hydrogens is 498 g/mol. The SMILES string of the molecule is CCCCOc1ccc(Br)cc1C(=O)NC(=S)N1CCNC(=O)C1CC(=O)OC(C)CC. The Kier molecular flexibility index (Phi) is 10.4. The van der Waals surface area contributed by atoms with Gasteiger partial charge in [0.25, 0.3) is 5.91 Å². The maximum Gasteiger partial charge on any atom is 0.308 e. The topological polar surface area (TPSA) is 97.0 Å². The number of piperazine rings is 1. The number of halogens is 1. The summed E-state index contributed by atoms with van der Waals surface area (Å²) in [4.78, 5) is 39.2. The molecule has 0 bridgehead atoms. The highest BCUT2D eigenvalue weighted by molar-refractivity contribution is 9.10. The first-order valence-electron chi connectivity index (χ1n) is 10.8. The second kappa shape index (κ2) is 12.7. The average Bonchev–Trinajstić information content (AvgIpc) is 2.75. The van der Waals surface area contributed by atoms with Crippen LogP contribution in [0.2, 0.25) is 0 Å².